The van der Waals surface area contributed by atoms with Crippen molar-refractivity contribution in [2.45, 2.75) is 18.4 Å². The van der Waals surface area contributed by atoms with E-state index >= 15 is 0 Å². The lowest BCUT2D eigenvalue weighted by atomic mass is 9.97. The fourth-order valence-electron chi connectivity index (χ4n) is 2.51. The van der Waals surface area contributed by atoms with Gasteiger partial charge in [0.15, 0.2) is 11.5 Å². The van der Waals surface area contributed by atoms with Gasteiger partial charge >= 0.3 is 0 Å². The van der Waals surface area contributed by atoms with Gasteiger partial charge in [-0.25, -0.2) is 0 Å². The van der Waals surface area contributed by atoms with Gasteiger partial charge in [-0.3, -0.25) is 0 Å². The van der Waals surface area contributed by atoms with Crippen LogP contribution in [0.25, 0.3) is 0 Å². The van der Waals surface area contributed by atoms with Gasteiger partial charge in [-0.1, -0.05) is 12.1 Å². The summed E-state index contributed by atoms with van der Waals surface area (Å²) in [4.78, 5) is 0. The van der Waals surface area contributed by atoms with E-state index in [-0.39, 0.29) is 6.10 Å². The second-order valence-electron chi connectivity index (χ2n) is 4.85. The molecule has 4 nitrogen and oxygen atoms in total. The van der Waals surface area contributed by atoms with Gasteiger partial charge in [0.25, 0.3) is 0 Å². The summed E-state index contributed by atoms with van der Waals surface area (Å²) in [6, 6.07) is 6.15. The van der Waals surface area contributed by atoms with Crippen LogP contribution in [0.5, 0.6) is 11.5 Å². The molecule has 0 bridgehead atoms. The summed E-state index contributed by atoms with van der Waals surface area (Å²) in [5.41, 5.74) is 1.26. The molecule has 2 aliphatic rings. The van der Waals surface area contributed by atoms with Gasteiger partial charge in [0.1, 0.15) is 6.10 Å². The van der Waals surface area contributed by atoms with E-state index in [1.54, 1.807) is 7.11 Å². The number of hydrogen-bond donors (Lipinski definition) is 1. The quantitative estimate of drug-likeness (QED) is 0.879. The molecule has 4 heteroatoms. The first-order valence-electron chi connectivity index (χ1n) is 6.50. The molecular weight excluding hydrogens is 230 g/mol. The molecule has 0 radical (unpaired) electrons. The normalized spacial score (nSPS) is 23.7. The Kier molecular flexibility index (Phi) is 3.39. The van der Waals surface area contributed by atoms with E-state index in [1.165, 1.54) is 5.56 Å². The summed E-state index contributed by atoms with van der Waals surface area (Å²) in [7, 11) is 1.69. The maximum Gasteiger partial charge on any atom is 0.165 e. The zero-order chi connectivity index (χ0) is 12.4. The predicted molar refractivity (Wildman–Crippen MR) is 68.5 cm³/mol. The topological polar surface area (TPSA) is 39.7 Å². The first-order chi connectivity index (χ1) is 8.88. The van der Waals surface area contributed by atoms with Crippen LogP contribution in [0.4, 0.5) is 0 Å². The summed E-state index contributed by atoms with van der Waals surface area (Å²) < 4.78 is 16.6. The maximum atomic E-state index is 6.04. The molecule has 0 spiro atoms. The van der Waals surface area contributed by atoms with Crippen molar-refractivity contribution < 1.29 is 14.2 Å². The van der Waals surface area contributed by atoms with Crippen molar-refractivity contribution in [2.75, 3.05) is 33.4 Å². The number of benzene rings is 1. The minimum atomic E-state index is 0.175. The monoisotopic (exact) mass is 249 g/mol. The first kappa shape index (κ1) is 11.8. The van der Waals surface area contributed by atoms with Gasteiger partial charge in [0.05, 0.1) is 20.3 Å². The average molecular weight is 249 g/mol. The van der Waals surface area contributed by atoms with Crippen molar-refractivity contribution >= 4 is 0 Å². The van der Waals surface area contributed by atoms with Crippen LogP contribution in [0.1, 0.15) is 17.9 Å². The molecular formula is C14H19NO3. The lowest BCUT2D eigenvalue weighted by Gasteiger charge is -2.29. The zero-order valence-electron chi connectivity index (χ0n) is 10.6. The summed E-state index contributed by atoms with van der Waals surface area (Å²) in [6.07, 6.45) is 1.33. The largest absolute Gasteiger partial charge is 0.493 e. The Morgan fingerprint density at radius 2 is 2.22 bits per heavy atom. The van der Waals surface area contributed by atoms with E-state index < -0.39 is 0 Å². The molecule has 1 aromatic rings. The van der Waals surface area contributed by atoms with Gasteiger partial charge in [-0.15, -0.1) is 0 Å². The highest BCUT2D eigenvalue weighted by Gasteiger charge is 2.27. The Labute approximate surface area is 107 Å². The minimum absolute atomic E-state index is 0.175. The third-order valence-corrected chi connectivity index (χ3v) is 3.62. The van der Waals surface area contributed by atoms with Crippen molar-refractivity contribution in [3.05, 3.63) is 23.8 Å². The second-order valence-corrected chi connectivity index (χ2v) is 4.85. The third kappa shape index (κ3) is 2.18. The van der Waals surface area contributed by atoms with Crippen LogP contribution in [-0.4, -0.2) is 39.5 Å². The van der Waals surface area contributed by atoms with Crippen molar-refractivity contribution in [2.24, 2.45) is 0 Å². The van der Waals surface area contributed by atoms with E-state index in [4.69, 9.17) is 14.2 Å². The molecule has 3 rings (SSSR count). The van der Waals surface area contributed by atoms with Crippen molar-refractivity contribution in [3.8, 4) is 11.5 Å². The molecule has 0 saturated carbocycles. The smallest absolute Gasteiger partial charge is 0.165 e. The lowest BCUT2D eigenvalue weighted by molar-refractivity contribution is -0.0807. The SMILES string of the molecule is COc1cccc(C2CCNC2)c1OC1COC1. The van der Waals surface area contributed by atoms with Crippen LogP contribution in [0.3, 0.4) is 0 Å². The highest BCUT2D eigenvalue weighted by molar-refractivity contribution is 5.49. The summed E-state index contributed by atoms with van der Waals surface area (Å²) in [5, 5.41) is 3.40. The standard InChI is InChI=1S/C14H19NO3/c1-16-13-4-2-3-12(10-5-6-15-7-10)14(13)18-11-8-17-9-11/h2-4,10-11,15H,5-9H2,1H3. The molecule has 2 aliphatic heterocycles. The van der Waals surface area contributed by atoms with E-state index in [9.17, 15) is 0 Å². The molecule has 2 saturated heterocycles. The number of ether oxygens (including phenoxy) is 3. The first-order valence-corrected chi connectivity index (χ1v) is 6.50. The Balaban J connectivity index is 1.89. The molecule has 1 unspecified atom stereocenters. The Morgan fingerprint density at radius 3 is 2.83 bits per heavy atom. The maximum absolute atomic E-state index is 6.04. The Hall–Kier alpha value is -1.26. The summed E-state index contributed by atoms with van der Waals surface area (Å²) >= 11 is 0. The Bertz CT molecular complexity index is 412. The van der Waals surface area contributed by atoms with Crippen LogP contribution in [0, 0.1) is 0 Å². The molecule has 2 heterocycles. The minimum Gasteiger partial charge on any atom is -0.493 e. The molecule has 1 atom stereocenters. The molecule has 1 N–H and O–H groups in total. The van der Waals surface area contributed by atoms with E-state index in [1.807, 2.05) is 12.1 Å². The Morgan fingerprint density at radius 1 is 1.33 bits per heavy atom. The van der Waals surface area contributed by atoms with Gasteiger partial charge in [0.2, 0.25) is 0 Å². The van der Waals surface area contributed by atoms with Gasteiger partial charge in [-0.05, 0) is 19.0 Å². The van der Waals surface area contributed by atoms with Crippen molar-refractivity contribution in [1.29, 1.82) is 0 Å². The molecule has 18 heavy (non-hydrogen) atoms. The molecule has 98 valence electrons. The van der Waals surface area contributed by atoms with Crippen LogP contribution in [0.15, 0.2) is 18.2 Å². The van der Waals surface area contributed by atoms with E-state index in [0.717, 1.165) is 31.0 Å². The molecule has 0 aromatic heterocycles. The number of methoxy groups -OCH3 is 1. The number of rotatable bonds is 4. The van der Waals surface area contributed by atoms with E-state index in [2.05, 4.69) is 11.4 Å². The van der Waals surface area contributed by atoms with E-state index in [0.29, 0.717) is 19.1 Å². The molecule has 0 amide bonds. The van der Waals surface area contributed by atoms with Gasteiger partial charge in [0, 0.05) is 18.0 Å². The number of nitrogens with one attached hydrogen (secondary N) is 1. The summed E-state index contributed by atoms with van der Waals surface area (Å²) in [6.45, 7) is 3.46. The zero-order valence-corrected chi connectivity index (χ0v) is 10.6. The second kappa shape index (κ2) is 5.16. The van der Waals surface area contributed by atoms with Crippen LogP contribution in [-0.2, 0) is 4.74 Å². The number of para-hydroxylation sites is 1. The van der Waals surface area contributed by atoms with Crippen molar-refractivity contribution in [3.63, 3.8) is 0 Å². The molecule has 0 aliphatic carbocycles. The van der Waals surface area contributed by atoms with Crippen LogP contribution in [0.2, 0.25) is 0 Å². The lowest BCUT2D eigenvalue weighted by Crippen LogP contribution is -2.39. The fraction of sp³-hybridized carbons (Fsp3) is 0.571. The highest BCUT2D eigenvalue weighted by Crippen LogP contribution is 2.38. The van der Waals surface area contributed by atoms with Crippen LogP contribution < -0.4 is 14.8 Å². The third-order valence-electron chi connectivity index (χ3n) is 3.62. The average Bonchev–Trinajstić information content (AvgIpc) is 2.87. The van der Waals surface area contributed by atoms with Crippen LogP contribution >= 0.6 is 0 Å². The predicted octanol–water partition coefficient (Wildman–Crippen LogP) is 1.55. The fourth-order valence-corrected chi connectivity index (χ4v) is 2.51. The van der Waals surface area contributed by atoms with Gasteiger partial charge in [-0.2, -0.15) is 0 Å². The molecule has 1 aromatic carbocycles. The summed E-state index contributed by atoms with van der Waals surface area (Å²) in [5.74, 6) is 2.25. The van der Waals surface area contributed by atoms with Gasteiger partial charge < -0.3 is 19.5 Å². The van der Waals surface area contributed by atoms with Crippen molar-refractivity contribution in [1.82, 2.24) is 5.32 Å². The highest BCUT2D eigenvalue weighted by atomic mass is 16.6. The molecule has 2 fully saturated rings. The number of hydrogen-bond acceptors (Lipinski definition) is 4.